The molecule has 1 aromatic rings. The molecule has 0 aromatic heterocycles. The highest BCUT2D eigenvalue weighted by Crippen LogP contribution is 2.25. The third-order valence-corrected chi connectivity index (χ3v) is 3.34. The lowest BCUT2D eigenvalue weighted by atomic mass is 10.2. The van der Waals surface area contributed by atoms with Crippen molar-refractivity contribution in [2.24, 2.45) is 0 Å². The number of carboxylic acids is 1. The minimum atomic E-state index is -1.05. The van der Waals surface area contributed by atoms with E-state index >= 15 is 0 Å². The Labute approximate surface area is 121 Å². The number of carbonyl (C=O) groups excluding carboxylic acids is 1. The number of hydrogen-bond donors (Lipinski definition) is 3. The number of rotatable bonds is 4. The Morgan fingerprint density at radius 3 is 2.56 bits per heavy atom. The fourth-order valence-corrected chi connectivity index (χ4v) is 2.39. The van der Waals surface area contributed by atoms with Gasteiger partial charge in [0.05, 0.1) is 5.69 Å². The first-order chi connectivity index (χ1) is 8.43. The molecule has 3 N–H and O–H groups in total. The molecule has 0 aliphatic rings. The molecule has 0 aliphatic carbocycles. The van der Waals surface area contributed by atoms with E-state index in [-0.39, 0.29) is 0 Å². The number of benzene rings is 1. The van der Waals surface area contributed by atoms with E-state index in [0.717, 1.165) is 4.47 Å². The zero-order chi connectivity index (χ0) is 13.7. The van der Waals surface area contributed by atoms with Gasteiger partial charge in [-0.15, -0.1) is 0 Å². The Balaban J connectivity index is 2.67. The van der Waals surface area contributed by atoms with Gasteiger partial charge in [-0.1, -0.05) is 22.9 Å². The van der Waals surface area contributed by atoms with Crippen molar-refractivity contribution >= 4 is 49.5 Å². The number of carboxylic acid groups (broad SMARTS) is 1. The Kier molecular flexibility index (Phi) is 5.61. The molecule has 0 fully saturated rings. The molecule has 18 heavy (non-hydrogen) atoms. The smallest absolute Gasteiger partial charge is 0.326 e. The van der Waals surface area contributed by atoms with E-state index in [1.165, 1.54) is 0 Å². The van der Waals surface area contributed by atoms with Gasteiger partial charge in [0, 0.05) is 8.95 Å². The molecule has 0 spiro atoms. The lowest BCUT2D eigenvalue weighted by Crippen LogP contribution is -2.42. The minimum Gasteiger partial charge on any atom is -0.480 e. The third-order valence-electron chi connectivity index (χ3n) is 2.19. The molecule has 0 saturated carbocycles. The Hall–Kier alpha value is -1.08. The molecular formula is C11H12Br2N2O3. The normalized spacial score (nSPS) is 11.7. The second-order valence-electron chi connectivity index (χ2n) is 3.52. The fraction of sp³-hybridized carbons (Fsp3) is 0.273. The molecule has 2 amide bonds. The van der Waals surface area contributed by atoms with E-state index in [2.05, 4.69) is 42.5 Å². The first-order valence-corrected chi connectivity index (χ1v) is 6.78. The highest BCUT2D eigenvalue weighted by Gasteiger charge is 2.17. The van der Waals surface area contributed by atoms with Crippen molar-refractivity contribution in [3.05, 3.63) is 27.1 Å². The number of halogens is 2. The van der Waals surface area contributed by atoms with Crippen LogP contribution in [0.5, 0.6) is 0 Å². The minimum absolute atomic E-state index is 0.324. The van der Waals surface area contributed by atoms with Crippen LogP contribution in [0.25, 0.3) is 0 Å². The average Bonchev–Trinajstić information content (AvgIpc) is 2.29. The molecule has 0 saturated heterocycles. The molecule has 0 heterocycles. The SMILES string of the molecule is CC[C@@H](NC(=O)Nc1ccc(Br)cc1Br)C(=O)O. The Morgan fingerprint density at radius 2 is 2.06 bits per heavy atom. The molecule has 0 aliphatic heterocycles. The maximum Gasteiger partial charge on any atom is 0.326 e. The van der Waals surface area contributed by atoms with E-state index in [4.69, 9.17) is 5.11 Å². The number of urea groups is 1. The Bertz CT molecular complexity index is 466. The van der Waals surface area contributed by atoms with Crippen LogP contribution in [0.1, 0.15) is 13.3 Å². The van der Waals surface area contributed by atoms with Crippen LogP contribution in [0.15, 0.2) is 27.1 Å². The number of carbonyl (C=O) groups is 2. The van der Waals surface area contributed by atoms with Crippen LogP contribution in [0.2, 0.25) is 0 Å². The predicted molar refractivity (Wildman–Crippen MR) is 75.7 cm³/mol. The van der Waals surface area contributed by atoms with Gasteiger partial charge >= 0.3 is 12.0 Å². The number of aliphatic carboxylic acids is 1. The van der Waals surface area contributed by atoms with Crippen molar-refractivity contribution in [2.45, 2.75) is 19.4 Å². The monoisotopic (exact) mass is 378 g/mol. The van der Waals surface area contributed by atoms with Crippen LogP contribution >= 0.6 is 31.9 Å². The number of amides is 2. The summed E-state index contributed by atoms with van der Waals surface area (Å²) < 4.78 is 1.58. The molecular weight excluding hydrogens is 368 g/mol. The van der Waals surface area contributed by atoms with Crippen molar-refractivity contribution in [3.63, 3.8) is 0 Å². The van der Waals surface area contributed by atoms with Crippen LogP contribution in [-0.2, 0) is 4.79 Å². The van der Waals surface area contributed by atoms with E-state index in [1.54, 1.807) is 25.1 Å². The molecule has 0 radical (unpaired) electrons. The van der Waals surface area contributed by atoms with Gasteiger partial charge in [-0.3, -0.25) is 0 Å². The number of nitrogens with one attached hydrogen (secondary N) is 2. The summed E-state index contributed by atoms with van der Waals surface area (Å²) in [6.45, 7) is 1.69. The summed E-state index contributed by atoms with van der Waals surface area (Å²) in [5.74, 6) is -1.05. The van der Waals surface area contributed by atoms with Crippen LogP contribution < -0.4 is 10.6 Å². The van der Waals surface area contributed by atoms with Gasteiger partial charge in [-0.05, 0) is 40.5 Å². The summed E-state index contributed by atoms with van der Waals surface area (Å²) in [6.07, 6.45) is 0.324. The topological polar surface area (TPSA) is 78.4 Å². The number of hydrogen-bond acceptors (Lipinski definition) is 2. The zero-order valence-corrected chi connectivity index (χ0v) is 12.7. The summed E-state index contributed by atoms with van der Waals surface area (Å²) in [6, 6.07) is 3.82. The second-order valence-corrected chi connectivity index (χ2v) is 5.29. The standard InChI is InChI=1S/C11H12Br2N2O3/c1-2-8(10(16)17)14-11(18)15-9-4-3-6(12)5-7(9)13/h3-5,8H,2H2,1H3,(H,16,17)(H2,14,15,18)/t8-/m1/s1. The summed E-state index contributed by atoms with van der Waals surface area (Å²) in [7, 11) is 0. The van der Waals surface area contributed by atoms with Crippen LogP contribution in [0.4, 0.5) is 10.5 Å². The van der Waals surface area contributed by atoms with Crippen molar-refractivity contribution < 1.29 is 14.7 Å². The van der Waals surface area contributed by atoms with Gasteiger partial charge in [0.25, 0.3) is 0 Å². The average molecular weight is 380 g/mol. The molecule has 5 nitrogen and oxygen atoms in total. The van der Waals surface area contributed by atoms with Gasteiger partial charge in [-0.25, -0.2) is 9.59 Å². The predicted octanol–water partition coefficient (Wildman–Crippen LogP) is 3.20. The third kappa shape index (κ3) is 4.30. The van der Waals surface area contributed by atoms with Gasteiger partial charge in [0.2, 0.25) is 0 Å². The van der Waals surface area contributed by atoms with Crippen LogP contribution in [0.3, 0.4) is 0 Å². The summed E-state index contributed by atoms with van der Waals surface area (Å²) in [5.41, 5.74) is 0.566. The summed E-state index contributed by atoms with van der Waals surface area (Å²) in [5, 5.41) is 13.8. The maximum absolute atomic E-state index is 11.6. The lowest BCUT2D eigenvalue weighted by molar-refractivity contribution is -0.139. The summed E-state index contributed by atoms with van der Waals surface area (Å²) >= 11 is 6.60. The molecule has 7 heteroatoms. The largest absolute Gasteiger partial charge is 0.480 e. The van der Waals surface area contributed by atoms with Gasteiger partial charge in [0.15, 0.2) is 0 Å². The van der Waals surface area contributed by atoms with Crippen LogP contribution in [-0.4, -0.2) is 23.1 Å². The van der Waals surface area contributed by atoms with Crippen molar-refractivity contribution in [3.8, 4) is 0 Å². The van der Waals surface area contributed by atoms with E-state index in [0.29, 0.717) is 16.6 Å². The van der Waals surface area contributed by atoms with Crippen LogP contribution in [0, 0.1) is 0 Å². The molecule has 1 aromatic carbocycles. The quantitative estimate of drug-likeness (QED) is 0.751. The molecule has 0 unspecified atom stereocenters. The molecule has 0 bridgehead atoms. The Morgan fingerprint density at radius 1 is 1.39 bits per heavy atom. The molecule has 1 rings (SSSR count). The highest BCUT2D eigenvalue weighted by atomic mass is 79.9. The van der Waals surface area contributed by atoms with Gasteiger partial charge in [0.1, 0.15) is 6.04 Å². The van der Waals surface area contributed by atoms with E-state index in [1.807, 2.05) is 0 Å². The highest BCUT2D eigenvalue weighted by molar-refractivity contribution is 9.11. The van der Waals surface area contributed by atoms with Gasteiger partial charge in [-0.2, -0.15) is 0 Å². The maximum atomic E-state index is 11.6. The summed E-state index contributed by atoms with van der Waals surface area (Å²) in [4.78, 5) is 22.4. The van der Waals surface area contributed by atoms with Crippen molar-refractivity contribution in [1.29, 1.82) is 0 Å². The second kappa shape index (κ2) is 6.75. The van der Waals surface area contributed by atoms with Crippen molar-refractivity contribution in [1.82, 2.24) is 5.32 Å². The molecule has 1 atom stereocenters. The first kappa shape index (κ1) is 15.0. The zero-order valence-electron chi connectivity index (χ0n) is 9.54. The lowest BCUT2D eigenvalue weighted by Gasteiger charge is -2.14. The van der Waals surface area contributed by atoms with E-state index < -0.39 is 18.0 Å². The molecule has 98 valence electrons. The fourth-order valence-electron chi connectivity index (χ4n) is 1.25. The first-order valence-electron chi connectivity index (χ1n) is 5.19. The van der Waals surface area contributed by atoms with Crippen molar-refractivity contribution in [2.75, 3.05) is 5.32 Å². The number of anilines is 1. The van der Waals surface area contributed by atoms with E-state index in [9.17, 15) is 9.59 Å². The van der Waals surface area contributed by atoms with Gasteiger partial charge < -0.3 is 15.7 Å².